The average Bonchev–Trinajstić information content (AvgIpc) is 2.73. The van der Waals surface area contributed by atoms with Crippen LogP contribution in [-0.4, -0.2) is 6.04 Å². The molecule has 2 N–H and O–H groups in total. The topological polar surface area (TPSA) is 26.0 Å². The molecule has 0 aliphatic heterocycles. The Labute approximate surface area is 102 Å². The first-order chi connectivity index (χ1) is 7.75. The lowest BCUT2D eigenvalue weighted by Crippen LogP contribution is -2.27. The van der Waals surface area contributed by atoms with Crippen molar-refractivity contribution in [2.75, 3.05) is 0 Å². The normalized spacial score (nSPS) is 33.5. The smallest absolute Gasteiger partial charge is 0.0408 e. The number of benzene rings is 1. The maximum Gasteiger partial charge on any atom is 0.0408 e. The van der Waals surface area contributed by atoms with Gasteiger partial charge in [0.15, 0.2) is 0 Å². The van der Waals surface area contributed by atoms with Gasteiger partial charge in [0.25, 0.3) is 0 Å². The SMILES string of the molecule is NC(Cc1cccc(Cl)c1)C1C2CCCC21. The van der Waals surface area contributed by atoms with Gasteiger partial charge in [0.1, 0.15) is 0 Å². The number of fused-ring (bicyclic) bond motifs is 1. The van der Waals surface area contributed by atoms with Crippen LogP contribution in [0.3, 0.4) is 0 Å². The molecule has 2 aliphatic carbocycles. The fourth-order valence-electron chi connectivity index (χ4n) is 3.58. The van der Waals surface area contributed by atoms with E-state index in [2.05, 4.69) is 6.07 Å². The largest absolute Gasteiger partial charge is 0.327 e. The molecule has 2 aliphatic rings. The average molecular weight is 236 g/mol. The highest BCUT2D eigenvalue weighted by molar-refractivity contribution is 6.30. The Kier molecular flexibility index (Phi) is 2.68. The molecule has 1 aromatic rings. The Bertz CT molecular complexity index is 380. The quantitative estimate of drug-likeness (QED) is 0.855. The molecule has 2 fully saturated rings. The van der Waals surface area contributed by atoms with Crippen molar-refractivity contribution < 1.29 is 0 Å². The lowest BCUT2D eigenvalue weighted by Gasteiger charge is -2.13. The summed E-state index contributed by atoms with van der Waals surface area (Å²) < 4.78 is 0. The highest BCUT2D eigenvalue weighted by Crippen LogP contribution is 2.58. The molecule has 1 aromatic carbocycles. The van der Waals surface area contributed by atoms with Crippen LogP contribution >= 0.6 is 11.6 Å². The lowest BCUT2D eigenvalue weighted by molar-refractivity contribution is 0.484. The maximum atomic E-state index is 6.31. The number of nitrogens with two attached hydrogens (primary N) is 1. The van der Waals surface area contributed by atoms with Crippen LogP contribution in [0.1, 0.15) is 24.8 Å². The first-order valence-corrected chi connectivity index (χ1v) is 6.63. The van der Waals surface area contributed by atoms with Crippen LogP contribution in [0.5, 0.6) is 0 Å². The predicted octanol–water partition coefficient (Wildman–Crippen LogP) is 3.26. The number of rotatable bonds is 3. The van der Waals surface area contributed by atoms with Crippen LogP contribution in [0.2, 0.25) is 5.02 Å². The molecule has 16 heavy (non-hydrogen) atoms. The molecule has 86 valence electrons. The Morgan fingerprint density at radius 3 is 2.75 bits per heavy atom. The van der Waals surface area contributed by atoms with Gasteiger partial charge in [0.05, 0.1) is 0 Å². The van der Waals surface area contributed by atoms with Crippen molar-refractivity contribution in [2.45, 2.75) is 31.7 Å². The van der Waals surface area contributed by atoms with Crippen molar-refractivity contribution in [3.8, 4) is 0 Å². The predicted molar refractivity (Wildman–Crippen MR) is 67.5 cm³/mol. The summed E-state index contributed by atoms with van der Waals surface area (Å²) in [6.45, 7) is 0. The summed E-state index contributed by atoms with van der Waals surface area (Å²) in [4.78, 5) is 0. The zero-order valence-corrected chi connectivity index (χ0v) is 10.2. The van der Waals surface area contributed by atoms with Crippen LogP contribution in [0.25, 0.3) is 0 Å². The molecule has 3 rings (SSSR count). The van der Waals surface area contributed by atoms with Gasteiger partial charge in [-0.05, 0) is 54.7 Å². The van der Waals surface area contributed by atoms with Crippen LogP contribution in [0.15, 0.2) is 24.3 Å². The lowest BCUT2D eigenvalue weighted by atomic mass is 9.98. The molecule has 0 radical (unpaired) electrons. The summed E-state index contributed by atoms with van der Waals surface area (Å²) in [7, 11) is 0. The molecule has 3 unspecified atom stereocenters. The van der Waals surface area contributed by atoms with Gasteiger partial charge in [0, 0.05) is 11.1 Å². The number of halogens is 1. The molecule has 0 heterocycles. The van der Waals surface area contributed by atoms with E-state index in [1.807, 2.05) is 18.2 Å². The van der Waals surface area contributed by atoms with Gasteiger partial charge >= 0.3 is 0 Å². The van der Waals surface area contributed by atoms with Crippen LogP contribution in [-0.2, 0) is 6.42 Å². The van der Waals surface area contributed by atoms with Crippen molar-refractivity contribution in [3.63, 3.8) is 0 Å². The summed E-state index contributed by atoms with van der Waals surface area (Å²) in [6, 6.07) is 8.44. The fraction of sp³-hybridized carbons (Fsp3) is 0.571. The van der Waals surface area contributed by atoms with Gasteiger partial charge in [-0.15, -0.1) is 0 Å². The maximum absolute atomic E-state index is 6.31. The third-order valence-corrected chi connectivity index (χ3v) is 4.56. The summed E-state index contributed by atoms with van der Waals surface area (Å²) in [5.74, 6) is 2.70. The van der Waals surface area contributed by atoms with Crippen LogP contribution in [0.4, 0.5) is 0 Å². The van der Waals surface area contributed by atoms with E-state index in [1.54, 1.807) is 0 Å². The van der Waals surface area contributed by atoms with E-state index in [4.69, 9.17) is 17.3 Å². The summed E-state index contributed by atoms with van der Waals surface area (Å²) in [5.41, 5.74) is 7.59. The van der Waals surface area contributed by atoms with Gasteiger partial charge in [-0.1, -0.05) is 30.2 Å². The van der Waals surface area contributed by atoms with E-state index in [9.17, 15) is 0 Å². The standard InChI is InChI=1S/C14H18ClN/c15-10-4-1-3-9(7-10)8-13(16)14-11-5-2-6-12(11)14/h1,3-4,7,11-14H,2,5-6,8,16H2. The highest BCUT2D eigenvalue weighted by Gasteiger charge is 2.54. The minimum atomic E-state index is 0.341. The van der Waals surface area contributed by atoms with Crippen molar-refractivity contribution in [2.24, 2.45) is 23.5 Å². The van der Waals surface area contributed by atoms with E-state index in [-0.39, 0.29) is 0 Å². The Morgan fingerprint density at radius 1 is 1.31 bits per heavy atom. The van der Waals surface area contributed by atoms with Gasteiger partial charge in [-0.3, -0.25) is 0 Å². The molecule has 3 atom stereocenters. The third-order valence-electron chi connectivity index (χ3n) is 4.33. The number of hydrogen-bond donors (Lipinski definition) is 1. The minimum Gasteiger partial charge on any atom is -0.327 e. The van der Waals surface area contributed by atoms with Crippen LogP contribution in [0, 0.1) is 17.8 Å². The second-order valence-electron chi connectivity index (χ2n) is 5.33. The number of hydrogen-bond acceptors (Lipinski definition) is 1. The molecular weight excluding hydrogens is 218 g/mol. The Hall–Kier alpha value is -0.530. The van der Waals surface area contributed by atoms with Crippen molar-refractivity contribution in [1.29, 1.82) is 0 Å². The van der Waals surface area contributed by atoms with E-state index < -0.39 is 0 Å². The van der Waals surface area contributed by atoms with Gasteiger partial charge < -0.3 is 5.73 Å². The van der Waals surface area contributed by atoms with E-state index in [1.165, 1.54) is 24.8 Å². The molecular formula is C14H18ClN. The third kappa shape index (κ3) is 1.87. The fourth-order valence-corrected chi connectivity index (χ4v) is 3.80. The van der Waals surface area contributed by atoms with Crippen molar-refractivity contribution in [1.82, 2.24) is 0 Å². The van der Waals surface area contributed by atoms with Gasteiger partial charge in [0.2, 0.25) is 0 Å². The molecule has 0 aromatic heterocycles. The Balaban J connectivity index is 1.63. The molecule has 0 bridgehead atoms. The molecule has 2 heteroatoms. The Morgan fingerprint density at radius 2 is 2.06 bits per heavy atom. The minimum absolute atomic E-state index is 0.341. The van der Waals surface area contributed by atoms with Crippen molar-refractivity contribution in [3.05, 3.63) is 34.9 Å². The molecule has 2 saturated carbocycles. The van der Waals surface area contributed by atoms with Crippen molar-refractivity contribution >= 4 is 11.6 Å². The molecule has 0 saturated heterocycles. The molecule has 0 spiro atoms. The van der Waals surface area contributed by atoms with Crippen LogP contribution < -0.4 is 5.73 Å². The zero-order valence-electron chi connectivity index (χ0n) is 9.40. The van der Waals surface area contributed by atoms with E-state index in [0.29, 0.717) is 6.04 Å². The molecule has 1 nitrogen and oxygen atoms in total. The first kappa shape index (κ1) is 10.6. The highest BCUT2D eigenvalue weighted by atomic mass is 35.5. The summed E-state index contributed by atoms with van der Waals surface area (Å²) in [5, 5.41) is 0.820. The molecule has 0 amide bonds. The second-order valence-corrected chi connectivity index (χ2v) is 5.77. The van der Waals surface area contributed by atoms with E-state index in [0.717, 1.165) is 29.2 Å². The van der Waals surface area contributed by atoms with E-state index >= 15 is 0 Å². The van der Waals surface area contributed by atoms with Gasteiger partial charge in [-0.25, -0.2) is 0 Å². The second kappa shape index (κ2) is 4.05. The first-order valence-electron chi connectivity index (χ1n) is 6.26. The summed E-state index contributed by atoms with van der Waals surface area (Å²) >= 11 is 5.98. The summed E-state index contributed by atoms with van der Waals surface area (Å²) in [6.07, 6.45) is 5.24. The zero-order chi connectivity index (χ0) is 11.1. The monoisotopic (exact) mass is 235 g/mol. The van der Waals surface area contributed by atoms with Gasteiger partial charge in [-0.2, -0.15) is 0 Å².